The average Bonchev–Trinajstić information content (AvgIpc) is 3.35. The summed E-state index contributed by atoms with van der Waals surface area (Å²) in [4.78, 5) is 13.0. The molecule has 392 valence electrons. The lowest BCUT2D eigenvalue weighted by molar-refractivity contribution is -0.302. The maximum Gasteiger partial charge on any atom is 0.220 e. The first-order valence-corrected chi connectivity index (χ1v) is 27.3. The van der Waals surface area contributed by atoms with Crippen LogP contribution in [0.3, 0.4) is 0 Å². The number of hydrogen-bond donors (Lipinski definition) is 6. The molecule has 0 aromatic rings. The zero-order valence-electron chi connectivity index (χ0n) is 43.3. The molecule has 1 rings (SSSR count). The highest BCUT2D eigenvalue weighted by molar-refractivity contribution is 5.76. The Hall–Kier alpha value is -3.41. The molecule has 6 N–H and O–H groups in total. The highest BCUT2D eigenvalue weighted by Gasteiger charge is 2.44. The van der Waals surface area contributed by atoms with Gasteiger partial charge in [-0.15, -0.1) is 0 Å². The van der Waals surface area contributed by atoms with E-state index in [0.717, 1.165) is 89.9 Å². The standard InChI is InChI=1S/C60H99NO8/c1-3-5-7-9-11-13-15-17-19-21-23-25-26-27-28-30-32-34-36-38-40-42-44-46-48-50-56(64)61-53(52-68-60-59(67)58(66)57(65)55(51-62)69-60)54(63)49-47-45-43-41-39-37-35-33-31-29-24-22-20-18-16-14-12-10-8-6-4-2/h5,7,11,13,17,19,23,25,27-28,31-34,38-41,47,49,53-55,57-60,62-63,65-67H,3-4,6,8-10,12,14-16,18,20-22,24,26,29-30,35-37,42-46,48,50-52H2,1-2H3,(H,61,64)/b7-5-,13-11-,19-17-,25-23-,28-27-,33-31+,34-32-,40-38-,41-39+,49-47+. The molecule has 0 radical (unpaired) electrons. The van der Waals surface area contributed by atoms with Crippen LogP contribution >= 0.6 is 0 Å². The van der Waals surface area contributed by atoms with Crippen molar-refractivity contribution >= 4 is 5.91 Å². The van der Waals surface area contributed by atoms with Gasteiger partial charge >= 0.3 is 0 Å². The van der Waals surface area contributed by atoms with Gasteiger partial charge in [-0.3, -0.25) is 4.79 Å². The van der Waals surface area contributed by atoms with Gasteiger partial charge in [0.15, 0.2) is 6.29 Å². The van der Waals surface area contributed by atoms with Crippen molar-refractivity contribution in [3.63, 3.8) is 0 Å². The second-order valence-corrected chi connectivity index (χ2v) is 18.3. The first kappa shape index (κ1) is 63.6. The largest absolute Gasteiger partial charge is 0.394 e. The Bertz CT molecular complexity index is 1490. The predicted octanol–water partition coefficient (Wildman–Crippen LogP) is 13.2. The topological polar surface area (TPSA) is 149 Å². The van der Waals surface area contributed by atoms with E-state index >= 15 is 0 Å². The molecule has 0 aromatic heterocycles. The molecule has 0 bridgehead atoms. The van der Waals surface area contributed by atoms with Crippen LogP contribution < -0.4 is 5.32 Å². The molecule has 7 atom stereocenters. The van der Waals surface area contributed by atoms with Crippen molar-refractivity contribution in [1.29, 1.82) is 0 Å². The number of allylic oxidation sites excluding steroid dienone is 19. The van der Waals surface area contributed by atoms with Crippen LogP contribution in [-0.4, -0.2) is 87.5 Å². The van der Waals surface area contributed by atoms with Gasteiger partial charge in [0, 0.05) is 6.42 Å². The Morgan fingerprint density at radius 2 is 0.913 bits per heavy atom. The van der Waals surface area contributed by atoms with Gasteiger partial charge in [0.05, 0.1) is 25.4 Å². The van der Waals surface area contributed by atoms with Crippen molar-refractivity contribution in [1.82, 2.24) is 5.32 Å². The molecule has 9 nitrogen and oxygen atoms in total. The number of nitrogens with one attached hydrogen (secondary N) is 1. The number of rotatable bonds is 44. The van der Waals surface area contributed by atoms with Crippen LogP contribution in [0.2, 0.25) is 0 Å². The Morgan fingerprint density at radius 3 is 1.39 bits per heavy atom. The first-order chi connectivity index (χ1) is 33.8. The van der Waals surface area contributed by atoms with Gasteiger partial charge in [-0.25, -0.2) is 0 Å². The fraction of sp³-hybridized carbons (Fsp3) is 0.650. The molecular weight excluding hydrogens is 863 g/mol. The summed E-state index contributed by atoms with van der Waals surface area (Å²) < 4.78 is 11.2. The van der Waals surface area contributed by atoms with Gasteiger partial charge in [0.25, 0.3) is 0 Å². The molecule has 69 heavy (non-hydrogen) atoms. The third-order valence-electron chi connectivity index (χ3n) is 12.0. The lowest BCUT2D eigenvalue weighted by atomic mass is 9.99. The fourth-order valence-electron chi connectivity index (χ4n) is 7.70. The van der Waals surface area contributed by atoms with Crippen molar-refractivity contribution < 1.29 is 39.8 Å². The Kier molecular flexibility index (Phi) is 44.5. The molecule has 0 saturated carbocycles. The second-order valence-electron chi connectivity index (χ2n) is 18.3. The van der Waals surface area contributed by atoms with Gasteiger partial charge in [-0.1, -0.05) is 206 Å². The van der Waals surface area contributed by atoms with Crippen LogP contribution in [0.1, 0.15) is 194 Å². The van der Waals surface area contributed by atoms with Crippen molar-refractivity contribution in [3.05, 3.63) is 122 Å². The number of ether oxygens (including phenoxy) is 2. The summed E-state index contributed by atoms with van der Waals surface area (Å²) in [6.07, 6.45) is 65.3. The van der Waals surface area contributed by atoms with E-state index < -0.39 is 49.5 Å². The molecule has 1 aliphatic heterocycles. The lowest BCUT2D eigenvalue weighted by Gasteiger charge is -2.40. The first-order valence-electron chi connectivity index (χ1n) is 27.3. The number of unbranched alkanes of at least 4 members (excludes halogenated alkanes) is 16. The maximum absolute atomic E-state index is 13.0. The van der Waals surface area contributed by atoms with Gasteiger partial charge < -0.3 is 40.3 Å². The Balaban J connectivity index is 2.36. The van der Waals surface area contributed by atoms with Gasteiger partial charge in [0.1, 0.15) is 24.4 Å². The number of aliphatic hydroxyl groups is 5. The molecule has 0 aliphatic carbocycles. The number of carbonyl (C=O) groups is 1. The van der Waals surface area contributed by atoms with Crippen molar-refractivity contribution in [3.8, 4) is 0 Å². The van der Waals surface area contributed by atoms with E-state index in [1.54, 1.807) is 6.08 Å². The monoisotopic (exact) mass is 962 g/mol. The maximum atomic E-state index is 13.0. The summed E-state index contributed by atoms with van der Waals surface area (Å²) in [7, 11) is 0. The van der Waals surface area contributed by atoms with Crippen LogP contribution in [0.25, 0.3) is 0 Å². The summed E-state index contributed by atoms with van der Waals surface area (Å²) in [5, 5.41) is 54.4. The minimum Gasteiger partial charge on any atom is -0.394 e. The smallest absolute Gasteiger partial charge is 0.220 e. The van der Waals surface area contributed by atoms with E-state index in [4.69, 9.17) is 9.47 Å². The number of amides is 1. The van der Waals surface area contributed by atoms with E-state index in [1.807, 2.05) is 6.08 Å². The molecule has 1 heterocycles. The van der Waals surface area contributed by atoms with Crippen molar-refractivity contribution in [2.45, 2.75) is 236 Å². The summed E-state index contributed by atoms with van der Waals surface area (Å²) >= 11 is 0. The van der Waals surface area contributed by atoms with Crippen LogP contribution in [-0.2, 0) is 14.3 Å². The van der Waals surface area contributed by atoms with E-state index in [-0.39, 0.29) is 18.9 Å². The third-order valence-corrected chi connectivity index (χ3v) is 12.0. The molecular formula is C60H99NO8. The summed E-state index contributed by atoms with van der Waals surface area (Å²) in [5.41, 5.74) is 0. The van der Waals surface area contributed by atoms with E-state index in [0.29, 0.717) is 12.8 Å². The fourth-order valence-corrected chi connectivity index (χ4v) is 7.70. The Morgan fingerprint density at radius 1 is 0.507 bits per heavy atom. The minimum absolute atomic E-state index is 0.228. The second kappa shape index (κ2) is 48.2. The van der Waals surface area contributed by atoms with E-state index in [9.17, 15) is 30.3 Å². The SMILES string of the molecule is CC/C=C\C/C=C\C/C=C\C/C=C\C/C=C\C/C=C\C/C=C\CCCCCC(=O)NC(COC1OC(CO)C(O)C(O)C1O)C(O)/C=C/CC/C=C/CC/C=C/CCCCCCCCCCCCC. The molecule has 1 saturated heterocycles. The summed E-state index contributed by atoms with van der Waals surface area (Å²) in [5.74, 6) is -0.228. The normalized spacial score (nSPS) is 20.5. The Labute approximate surface area is 420 Å². The number of hydrogen-bond acceptors (Lipinski definition) is 8. The molecule has 7 unspecified atom stereocenters. The van der Waals surface area contributed by atoms with E-state index in [1.165, 1.54) is 70.6 Å². The van der Waals surface area contributed by atoms with Gasteiger partial charge in [0.2, 0.25) is 5.91 Å². The summed E-state index contributed by atoms with van der Waals surface area (Å²) in [6, 6.07) is -0.856. The third kappa shape index (κ3) is 38.0. The average molecular weight is 962 g/mol. The van der Waals surface area contributed by atoms with Crippen LogP contribution in [0.15, 0.2) is 122 Å². The van der Waals surface area contributed by atoms with Crippen LogP contribution in [0, 0.1) is 0 Å². The quantitative estimate of drug-likeness (QED) is 0.0261. The highest BCUT2D eigenvalue weighted by atomic mass is 16.7. The predicted molar refractivity (Wildman–Crippen MR) is 290 cm³/mol. The zero-order valence-corrected chi connectivity index (χ0v) is 43.3. The molecule has 1 aliphatic rings. The minimum atomic E-state index is -1.59. The van der Waals surface area contributed by atoms with E-state index in [2.05, 4.69) is 129 Å². The zero-order chi connectivity index (χ0) is 50.1. The highest BCUT2D eigenvalue weighted by Crippen LogP contribution is 2.22. The molecule has 0 aromatic carbocycles. The van der Waals surface area contributed by atoms with Crippen molar-refractivity contribution in [2.24, 2.45) is 0 Å². The molecule has 0 spiro atoms. The van der Waals surface area contributed by atoms with Gasteiger partial charge in [-0.05, 0) is 103 Å². The molecule has 1 fully saturated rings. The number of aliphatic hydroxyl groups excluding tert-OH is 5. The summed E-state index contributed by atoms with van der Waals surface area (Å²) in [6.45, 7) is 3.61. The van der Waals surface area contributed by atoms with Crippen LogP contribution in [0.5, 0.6) is 0 Å². The lowest BCUT2D eigenvalue weighted by Crippen LogP contribution is -2.60. The number of carbonyl (C=O) groups excluding carboxylic acids is 1. The molecule has 9 heteroatoms. The van der Waals surface area contributed by atoms with Crippen molar-refractivity contribution in [2.75, 3.05) is 13.2 Å². The van der Waals surface area contributed by atoms with Gasteiger partial charge in [-0.2, -0.15) is 0 Å². The molecule has 1 amide bonds. The van der Waals surface area contributed by atoms with Crippen LogP contribution in [0.4, 0.5) is 0 Å².